The average molecular weight is 276 g/mol. The molecular formula is C16H24N2O2. The van der Waals surface area contributed by atoms with Crippen molar-refractivity contribution in [2.75, 3.05) is 18.9 Å². The zero-order valence-corrected chi connectivity index (χ0v) is 12.1. The standard InChI is InChI=1S/C16H24N2O2/c1-12(13-5-7-14(17)8-6-13)11-16(20)18(9-10-19)15-3-2-4-15/h5-8,12,15,19H,2-4,9-11,17H2,1H3. The van der Waals surface area contributed by atoms with Gasteiger partial charge in [-0.1, -0.05) is 19.1 Å². The number of rotatable bonds is 6. The van der Waals surface area contributed by atoms with Gasteiger partial charge >= 0.3 is 0 Å². The molecule has 0 saturated heterocycles. The number of aliphatic hydroxyl groups excluding tert-OH is 1. The minimum Gasteiger partial charge on any atom is -0.399 e. The van der Waals surface area contributed by atoms with E-state index in [0.717, 1.165) is 24.1 Å². The van der Waals surface area contributed by atoms with Crippen LogP contribution in [0, 0.1) is 0 Å². The van der Waals surface area contributed by atoms with Gasteiger partial charge < -0.3 is 15.7 Å². The Kier molecular flexibility index (Phi) is 5.01. The highest BCUT2D eigenvalue weighted by Gasteiger charge is 2.28. The Labute approximate surface area is 120 Å². The average Bonchev–Trinajstić information content (AvgIpc) is 2.36. The van der Waals surface area contributed by atoms with E-state index < -0.39 is 0 Å². The summed E-state index contributed by atoms with van der Waals surface area (Å²) in [6.07, 6.45) is 3.82. The summed E-state index contributed by atoms with van der Waals surface area (Å²) in [4.78, 5) is 14.3. The molecular weight excluding hydrogens is 252 g/mol. The second kappa shape index (κ2) is 6.75. The summed E-state index contributed by atoms with van der Waals surface area (Å²) in [6, 6.07) is 8.04. The number of hydrogen-bond acceptors (Lipinski definition) is 3. The second-order valence-corrected chi connectivity index (χ2v) is 5.67. The van der Waals surface area contributed by atoms with Crippen LogP contribution in [0.2, 0.25) is 0 Å². The molecule has 20 heavy (non-hydrogen) atoms. The van der Waals surface area contributed by atoms with Crippen LogP contribution in [0.1, 0.15) is 44.1 Å². The van der Waals surface area contributed by atoms with Crippen molar-refractivity contribution in [1.82, 2.24) is 4.90 Å². The molecule has 0 radical (unpaired) electrons. The first-order chi connectivity index (χ1) is 9.61. The van der Waals surface area contributed by atoms with E-state index in [-0.39, 0.29) is 18.4 Å². The lowest BCUT2D eigenvalue weighted by molar-refractivity contribution is -0.136. The molecule has 0 bridgehead atoms. The smallest absolute Gasteiger partial charge is 0.223 e. The zero-order chi connectivity index (χ0) is 14.5. The summed E-state index contributed by atoms with van der Waals surface area (Å²) in [5.74, 6) is 0.317. The first-order valence-electron chi connectivity index (χ1n) is 7.37. The molecule has 1 unspecified atom stereocenters. The largest absolute Gasteiger partial charge is 0.399 e. The molecule has 110 valence electrons. The van der Waals surface area contributed by atoms with E-state index in [1.54, 1.807) is 0 Å². The third-order valence-corrected chi connectivity index (χ3v) is 4.16. The predicted octanol–water partition coefficient (Wildman–Crippen LogP) is 2.14. The first kappa shape index (κ1) is 14.9. The molecule has 1 atom stereocenters. The van der Waals surface area contributed by atoms with Crippen LogP contribution in [0.4, 0.5) is 5.69 Å². The fraction of sp³-hybridized carbons (Fsp3) is 0.562. The summed E-state index contributed by atoms with van der Waals surface area (Å²) in [7, 11) is 0. The Hall–Kier alpha value is -1.55. The SMILES string of the molecule is CC(CC(=O)N(CCO)C1CCC1)c1ccc(N)cc1. The quantitative estimate of drug-likeness (QED) is 0.782. The van der Waals surface area contributed by atoms with Crippen molar-refractivity contribution in [3.63, 3.8) is 0 Å². The van der Waals surface area contributed by atoms with Crippen molar-refractivity contribution in [2.24, 2.45) is 0 Å². The van der Waals surface area contributed by atoms with Gasteiger partial charge in [0.05, 0.1) is 6.61 Å². The van der Waals surface area contributed by atoms with Crippen molar-refractivity contribution >= 4 is 11.6 Å². The van der Waals surface area contributed by atoms with Crippen LogP contribution in [0.15, 0.2) is 24.3 Å². The minimum atomic E-state index is 0.0402. The van der Waals surface area contributed by atoms with Crippen molar-refractivity contribution < 1.29 is 9.90 Å². The molecule has 4 nitrogen and oxygen atoms in total. The number of anilines is 1. The van der Waals surface area contributed by atoms with Gasteiger partial charge in [0.1, 0.15) is 0 Å². The summed E-state index contributed by atoms with van der Waals surface area (Å²) < 4.78 is 0. The summed E-state index contributed by atoms with van der Waals surface area (Å²) in [5.41, 5.74) is 7.55. The molecule has 0 spiro atoms. The van der Waals surface area contributed by atoms with Crippen molar-refractivity contribution in [3.05, 3.63) is 29.8 Å². The van der Waals surface area contributed by atoms with Crippen LogP contribution in [-0.2, 0) is 4.79 Å². The van der Waals surface area contributed by atoms with Gasteiger partial charge in [0.15, 0.2) is 0 Å². The van der Waals surface area contributed by atoms with E-state index in [0.29, 0.717) is 19.0 Å². The van der Waals surface area contributed by atoms with E-state index >= 15 is 0 Å². The van der Waals surface area contributed by atoms with Gasteiger partial charge in [-0.3, -0.25) is 4.79 Å². The van der Waals surface area contributed by atoms with Gasteiger partial charge in [0.2, 0.25) is 5.91 Å². The highest BCUT2D eigenvalue weighted by molar-refractivity contribution is 5.77. The molecule has 0 aliphatic heterocycles. The Bertz CT molecular complexity index is 440. The maximum atomic E-state index is 12.4. The van der Waals surface area contributed by atoms with Gasteiger partial charge in [-0.2, -0.15) is 0 Å². The van der Waals surface area contributed by atoms with E-state index in [2.05, 4.69) is 6.92 Å². The van der Waals surface area contributed by atoms with Crippen LogP contribution >= 0.6 is 0 Å². The number of hydrogen-bond donors (Lipinski definition) is 2. The van der Waals surface area contributed by atoms with Crippen molar-refractivity contribution in [3.8, 4) is 0 Å². The zero-order valence-electron chi connectivity index (χ0n) is 12.1. The highest BCUT2D eigenvalue weighted by atomic mass is 16.3. The van der Waals surface area contributed by atoms with Gasteiger partial charge in [-0.25, -0.2) is 0 Å². The minimum absolute atomic E-state index is 0.0402. The van der Waals surface area contributed by atoms with Crippen LogP contribution in [0.25, 0.3) is 0 Å². The number of nitrogens with zero attached hydrogens (tertiary/aromatic N) is 1. The summed E-state index contributed by atoms with van der Waals surface area (Å²) in [6.45, 7) is 2.55. The normalized spacial score (nSPS) is 16.5. The lowest BCUT2D eigenvalue weighted by atomic mass is 9.90. The summed E-state index contributed by atoms with van der Waals surface area (Å²) in [5, 5.41) is 9.13. The van der Waals surface area contributed by atoms with Gasteiger partial charge in [0, 0.05) is 24.7 Å². The number of carbonyl (C=O) groups excluding carboxylic acids is 1. The third-order valence-electron chi connectivity index (χ3n) is 4.16. The van der Waals surface area contributed by atoms with E-state index in [9.17, 15) is 4.79 Å². The molecule has 3 N–H and O–H groups in total. The van der Waals surface area contributed by atoms with Crippen molar-refractivity contribution in [1.29, 1.82) is 0 Å². The fourth-order valence-electron chi connectivity index (χ4n) is 2.64. The second-order valence-electron chi connectivity index (χ2n) is 5.67. The number of nitrogen functional groups attached to an aromatic ring is 1. The maximum absolute atomic E-state index is 12.4. The van der Waals surface area contributed by atoms with Gasteiger partial charge in [-0.15, -0.1) is 0 Å². The van der Waals surface area contributed by atoms with Crippen molar-refractivity contribution in [2.45, 2.75) is 44.6 Å². The van der Waals surface area contributed by atoms with Gasteiger partial charge in [0.25, 0.3) is 0 Å². The number of benzene rings is 1. The topological polar surface area (TPSA) is 66.6 Å². The summed E-state index contributed by atoms with van der Waals surface area (Å²) >= 11 is 0. The molecule has 0 aromatic heterocycles. The lowest BCUT2D eigenvalue weighted by Gasteiger charge is -2.37. The monoisotopic (exact) mass is 276 g/mol. The number of amides is 1. The third kappa shape index (κ3) is 3.51. The fourth-order valence-corrected chi connectivity index (χ4v) is 2.64. The highest BCUT2D eigenvalue weighted by Crippen LogP contribution is 2.27. The Morgan fingerprint density at radius 3 is 2.55 bits per heavy atom. The molecule has 1 aliphatic carbocycles. The Morgan fingerprint density at radius 2 is 2.05 bits per heavy atom. The van der Waals surface area contributed by atoms with Crippen LogP contribution in [0.3, 0.4) is 0 Å². The Balaban J connectivity index is 1.96. The number of aliphatic hydroxyl groups is 1. The van der Waals surface area contributed by atoms with Crippen LogP contribution in [-0.4, -0.2) is 35.1 Å². The van der Waals surface area contributed by atoms with Crippen LogP contribution < -0.4 is 5.73 Å². The first-order valence-corrected chi connectivity index (χ1v) is 7.37. The molecule has 4 heteroatoms. The number of carbonyl (C=O) groups is 1. The predicted molar refractivity (Wildman–Crippen MR) is 80.3 cm³/mol. The van der Waals surface area contributed by atoms with Crippen LogP contribution in [0.5, 0.6) is 0 Å². The molecule has 1 aromatic carbocycles. The molecule has 1 fully saturated rings. The molecule has 0 heterocycles. The lowest BCUT2D eigenvalue weighted by Crippen LogP contribution is -2.45. The molecule has 1 amide bonds. The molecule has 1 aromatic rings. The molecule has 1 aliphatic rings. The van der Waals surface area contributed by atoms with Gasteiger partial charge in [-0.05, 0) is 42.9 Å². The molecule has 1 saturated carbocycles. The maximum Gasteiger partial charge on any atom is 0.223 e. The molecule has 2 rings (SSSR count). The number of nitrogens with two attached hydrogens (primary N) is 1. The van der Waals surface area contributed by atoms with E-state index in [4.69, 9.17) is 10.8 Å². The van der Waals surface area contributed by atoms with E-state index in [1.807, 2.05) is 29.2 Å². The van der Waals surface area contributed by atoms with E-state index in [1.165, 1.54) is 6.42 Å². The Morgan fingerprint density at radius 1 is 1.40 bits per heavy atom.